The Hall–Kier alpha value is -5.80. The Labute approximate surface area is 298 Å². The van der Waals surface area contributed by atoms with E-state index in [2.05, 4.69) is 172 Å². The van der Waals surface area contributed by atoms with Gasteiger partial charge in [-0.3, -0.25) is 0 Å². The van der Waals surface area contributed by atoms with Crippen molar-refractivity contribution in [2.45, 2.75) is 50.0 Å². The minimum absolute atomic E-state index is 0.290. The third kappa shape index (κ3) is 4.37. The number of aromatic nitrogens is 2. The Morgan fingerprint density at radius 2 is 1.51 bits per heavy atom. The summed E-state index contributed by atoms with van der Waals surface area (Å²) in [6.07, 6.45) is 31.0. The van der Waals surface area contributed by atoms with Crippen molar-refractivity contribution in [3.8, 4) is 5.69 Å². The highest BCUT2D eigenvalue weighted by atomic mass is 15.2. The maximum atomic E-state index is 2.58. The van der Waals surface area contributed by atoms with Gasteiger partial charge in [0.15, 0.2) is 0 Å². The fraction of sp³-hybridized carbons (Fsp3) is 0.167. The van der Waals surface area contributed by atoms with E-state index < -0.39 is 0 Å². The van der Waals surface area contributed by atoms with Crippen molar-refractivity contribution < 1.29 is 0 Å². The molecule has 11 rings (SSSR count). The Kier molecular flexibility index (Phi) is 6.46. The van der Waals surface area contributed by atoms with Crippen LogP contribution in [0.25, 0.3) is 51.4 Å². The molecular weight excluding hydrogens is 619 g/mol. The number of fused-ring (bicyclic) bond motifs is 9. The molecule has 0 saturated heterocycles. The molecule has 0 N–H and O–H groups in total. The molecule has 5 aliphatic rings. The quantitative estimate of drug-likeness (QED) is 0.184. The van der Waals surface area contributed by atoms with Gasteiger partial charge >= 0.3 is 0 Å². The van der Waals surface area contributed by atoms with E-state index in [0.29, 0.717) is 17.9 Å². The first-order valence-corrected chi connectivity index (χ1v) is 18.7. The molecule has 1 aliphatic heterocycles. The van der Waals surface area contributed by atoms with Crippen molar-refractivity contribution in [1.29, 1.82) is 0 Å². The van der Waals surface area contributed by atoms with Gasteiger partial charge in [-0.15, -0.1) is 0 Å². The monoisotopic (exact) mass is 657 g/mol. The van der Waals surface area contributed by atoms with E-state index in [1.165, 1.54) is 77.5 Å². The number of anilines is 2. The van der Waals surface area contributed by atoms with Gasteiger partial charge in [-0.2, -0.15) is 0 Å². The van der Waals surface area contributed by atoms with E-state index in [4.69, 9.17) is 0 Å². The lowest BCUT2D eigenvalue weighted by Crippen LogP contribution is -2.31. The lowest BCUT2D eigenvalue weighted by Gasteiger charge is -2.28. The summed E-state index contributed by atoms with van der Waals surface area (Å²) in [5, 5.41) is 5.42. The molecule has 3 heterocycles. The van der Waals surface area contributed by atoms with Gasteiger partial charge in [0.05, 0.1) is 17.1 Å². The molecule has 4 aliphatic carbocycles. The van der Waals surface area contributed by atoms with E-state index in [0.717, 1.165) is 32.1 Å². The third-order valence-corrected chi connectivity index (χ3v) is 11.9. The predicted molar refractivity (Wildman–Crippen MR) is 214 cm³/mol. The Bertz CT molecular complexity index is 2690. The summed E-state index contributed by atoms with van der Waals surface area (Å²) in [5.74, 6) is 0.746. The molecule has 51 heavy (non-hydrogen) atoms. The van der Waals surface area contributed by atoms with Crippen LogP contribution >= 0.6 is 0 Å². The number of benzene rings is 4. The van der Waals surface area contributed by atoms with Crippen LogP contribution in [0.4, 0.5) is 11.4 Å². The van der Waals surface area contributed by atoms with Crippen molar-refractivity contribution in [3.05, 3.63) is 173 Å². The van der Waals surface area contributed by atoms with Crippen LogP contribution in [-0.4, -0.2) is 15.2 Å². The zero-order chi connectivity index (χ0) is 33.5. The van der Waals surface area contributed by atoms with Crippen LogP contribution in [0.15, 0.2) is 140 Å². The van der Waals surface area contributed by atoms with Crippen LogP contribution in [0.2, 0.25) is 0 Å². The summed E-state index contributed by atoms with van der Waals surface area (Å²) in [6, 6.07) is 34.6. The van der Waals surface area contributed by atoms with Crippen LogP contribution in [0.1, 0.15) is 59.9 Å². The molecule has 246 valence electrons. The molecule has 0 spiro atoms. The normalized spacial score (nSPS) is 21.2. The fourth-order valence-electron chi connectivity index (χ4n) is 9.63. The molecule has 3 atom stereocenters. The van der Waals surface area contributed by atoms with Crippen molar-refractivity contribution in [2.24, 2.45) is 0 Å². The van der Waals surface area contributed by atoms with E-state index in [1.54, 1.807) is 0 Å². The summed E-state index contributed by atoms with van der Waals surface area (Å²) in [7, 11) is 0. The maximum Gasteiger partial charge on any atom is 0.0629 e. The summed E-state index contributed by atoms with van der Waals surface area (Å²) in [5.41, 5.74) is 13.3. The highest BCUT2D eigenvalue weighted by molar-refractivity contribution is 5.97. The number of para-hydroxylation sites is 1. The first-order chi connectivity index (χ1) is 25.3. The van der Waals surface area contributed by atoms with Gasteiger partial charge in [-0.05, 0) is 85.7 Å². The molecule has 2 aromatic heterocycles. The SMILES string of the molecule is C1=CC(c2ccccc2)CC(n2c3c(c4ccc(-n5c6c(c7cc(N8c9ccccc9C9C=CC=CC98)ccc75)C=CCC6)cc42)=CCCC=3)=C1. The Morgan fingerprint density at radius 1 is 0.647 bits per heavy atom. The van der Waals surface area contributed by atoms with Crippen molar-refractivity contribution in [1.82, 2.24) is 9.13 Å². The number of allylic oxidation sites excluding steroid dienone is 7. The smallest absolute Gasteiger partial charge is 0.0629 e. The van der Waals surface area contributed by atoms with Gasteiger partial charge in [0.1, 0.15) is 0 Å². The van der Waals surface area contributed by atoms with Crippen LogP contribution in [-0.2, 0) is 6.42 Å². The second-order valence-electron chi connectivity index (χ2n) is 14.6. The topological polar surface area (TPSA) is 13.1 Å². The fourth-order valence-corrected chi connectivity index (χ4v) is 9.63. The van der Waals surface area contributed by atoms with E-state index in [9.17, 15) is 0 Å². The molecule has 0 radical (unpaired) electrons. The van der Waals surface area contributed by atoms with Gasteiger partial charge in [0.2, 0.25) is 0 Å². The molecule has 0 saturated carbocycles. The number of nitrogens with zero attached hydrogens (tertiary/aromatic N) is 3. The van der Waals surface area contributed by atoms with E-state index in [1.807, 2.05) is 0 Å². The first-order valence-electron chi connectivity index (χ1n) is 18.7. The minimum atomic E-state index is 0.290. The Balaban J connectivity index is 1.08. The average Bonchev–Trinajstić information content (AvgIpc) is 3.83. The molecule has 3 unspecified atom stereocenters. The third-order valence-electron chi connectivity index (χ3n) is 11.9. The summed E-state index contributed by atoms with van der Waals surface area (Å²) in [6.45, 7) is 0. The molecule has 6 aromatic rings. The summed E-state index contributed by atoms with van der Waals surface area (Å²) < 4.78 is 5.14. The zero-order valence-corrected chi connectivity index (χ0v) is 28.6. The van der Waals surface area contributed by atoms with Gasteiger partial charge < -0.3 is 14.0 Å². The summed E-state index contributed by atoms with van der Waals surface area (Å²) in [4.78, 5) is 2.56. The number of hydrogen-bond donors (Lipinski definition) is 0. The zero-order valence-electron chi connectivity index (χ0n) is 28.6. The van der Waals surface area contributed by atoms with Crippen molar-refractivity contribution >= 4 is 57.1 Å². The van der Waals surface area contributed by atoms with Crippen molar-refractivity contribution in [3.63, 3.8) is 0 Å². The van der Waals surface area contributed by atoms with Gasteiger partial charge in [-0.1, -0.05) is 115 Å². The largest absolute Gasteiger partial charge is 0.333 e. The predicted octanol–water partition coefficient (Wildman–Crippen LogP) is 10.2. The van der Waals surface area contributed by atoms with Crippen molar-refractivity contribution in [2.75, 3.05) is 4.90 Å². The van der Waals surface area contributed by atoms with Gasteiger partial charge in [0, 0.05) is 67.2 Å². The highest BCUT2D eigenvalue weighted by Crippen LogP contribution is 2.48. The first kappa shape index (κ1) is 29.0. The lowest BCUT2D eigenvalue weighted by atomic mass is 9.91. The Morgan fingerprint density at radius 3 is 2.47 bits per heavy atom. The maximum absolute atomic E-state index is 2.58. The van der Waals surface area contributed by atoms with E-state index in [-0.39, 0.29) is 0 Å². The molecule has 0 fully saturated rings. The average molecular weight is 658 g/mol. The van der Waals surface area contributed by atoms with Crippen LogP contribution in [0.3, 0.4) is 0 Å². The molecule has 0 bridgehead atoms. The van der Waals surface area contributed by atoms with Crippen LogP contribution in [0, 0.1) is 0 Å². The second-order valence-corrected chi connectivity index (χ2v) is 14.6. The molecule has 3 nitrogen and oxygen atoms in total. The minimum Gasteiger partial charge on any atom is -0.333 e. The highest BCUT2D eigenvalue weighted by Gasteiger charge is 2.37. The number of rotatable bonds is 4. The lowest BCUT2D eigenvalue weighted by molar-refractivity contribution is 0.745. The second kappa shape index (κ2) is 11.4. The van der Waals surface area contributed by atoms with Gasteiger partial charge in [0.25, 0.3) is 0 Å². The molecule has 4 aromatic carbocycles. The molecule has 3 heteroatoms. The van der Waals surface area contributed by atoms with E-state index >= 15 is 0 Å². The van der Waals surface area contributed by atoms with Crippen LogP contribution in [0.5, 0.6) is 0 Å². The summed E-state index contributed by atoms with van der Waals surface area (Å²) >= 11 is 0. The number of hydrogen-bond acceptors (Lipinski definition) is 1. The van der Waals surface area contributed by atoms with Crippen LogP contribution < -0.4 is 15.5 Å². The van der Waals surface area contributed by atoms with Gasteiger partial charge in [-0.25, -0.2) is 0 Å². The standard InChI is InChI=1S/C48H39N3/c1-2-13-32(14-3-1)33-15-12-16-34(29-33)51-45-23-10-6-19-39(45)41-27-25-36(31-48(41)51)50-46-24-11-7-20-40(46)42-30-35(26-28-47(42)50)49-43-21-8-4-17-37(43)38-18-5-9-22-44(38)49/h1-5,7-9,12-23,25-28,30-31,33,37,43H,6,10-11,24,29H2. The molecule has 0 amide bonds. The molecular formula is C48H39N3.